The molecule has 1 heterocycles. The third-order valence-electron chi connectivity index (χ3n) is 5.18. The second-order valence-corrected chi connectivity index (χ2v) is 8.65. The first-order valence-electron chi connectivity index (χ1n) is 8.95. The van der Waals surface area contributed by atoms with E-state index < -0.39 is 14.8 Å². The molecular weight excluding hydrogens is 388 g/mol. The highest BCUT2D eigenvalue weighted by Gasteiger charge is 2.28. The normalized spacial score (nSPS) is 11.7. The van der Waals surface area contributed by atoms with Crippen molar-refractivity contribution in [3.8, 4) is 11.1 Å². The molecule has 0 saturated carbocycles. The van der Waals surface area contributed by atoms with Crippen LogP contribution in [0, 0.1) is 17.0 Å². The molecule has 0 unspecified atom stereocenters. The highest BCUT2D eigenvalue weighted by Crippen LogP contribution is 2.37. The Bertz CT molecular complexity index is 1350. The van der Waals surface area contributed by atoms with Crippen molar-refractivity contribution in [2.75, 3.05) is 0 Å². The van der Waals surface area contributed by atoms with Crippen molar-refractivity contribution in [1.82, 2.24) is 4.57 Å². The van der Waals surface area contributed by atoms with Crippen molar-refractivity contribution in [2.24, 2.45) is 7.05 Å². The Morgan fingerprint density at radius 1 is 0.897 bits per heavy atom. The molecule has 0 aliphatic heterocycles. The second-order valence-electron chi connectivity index (χ2n) is 6.79. The van der Waals surface area contributed by atoms with Gasteiger partial charge in [0.25, 0.3) is 5.69 Å². The number of fused-ring (bicyclic) bond motifs is 1. The van der Waals surface area contributed by atoms with Crippen molar-refractivity contribution in [3.63, 3.8) is 0 Å². The average molecular weight is 406 g/mol. The molecule has 1 aromatic heterocycles. The molecule has 0 atom stereocenters. The second kappa shape index (κ2) is 6.86. The van der Waals surface area contributed by atoms with Gasteiger partial charge in [0.2, 0.25) is 9.84 Å². The van der Waals surface area contributed by atoms with Crippen LogP contribution in [0.2, 0.25) is 0 Å². The molecule has 0 saturated heterocycles. The molecule has 0 spiro atoms. The maximum Gasteiger partial charge on any atom is 0.269 e. The molecule has 0 aliphatic carbocycles. The van der Waals surface area contributed by atoms with Crippen LogP contribution in [0.15, 0.2) is 82.6 Å². The predicted molar refractivity (Wildman–Crippen MR) is 112 cm³/mol. The molecule has 0 bridgehead atoms. The number of non-ortho nitro benzene ring substituents is 1. The first-order valence-corrected chi connectivity index (χ1v) is 10.4. The fourth-order valence-electron chi connectivity index (χ4n) is 3.64. The fourth-order valence-corrected chi connectivity index (χ4v) is 5.58. The fraction of sp³-hybridized carbons (Fsp3) is 0.0909. The SMILES string of the molecule is Cc1c(S(=O)(=O)c2ccccc2-c2ccc([N+](=O)[O-])cc2)c2ccccc2n1C. The summed E-state index contributed by atoms with van der Waals surface area (Å²) in [5, 5.41) is 11.6. The number of hydrogen-bond acceptors (Lipinski definition) is 4. The number of nitrogens with zero attached hydrogens (tertiary/aromatic N) is 2. The number of sulfone groups is 1. The van der Waals surface area contributed by atoms with Gasteiger partial charge in [-0.2, -0.15) is 0 Å². The van der Waals surface area contributed by atoms with E-state index in [-0.39, 0.29) is 15.5 Å². The number of para-hydroxylation sites is 1. The van der Waals surface area contributed by atoms with Crippen LogP contribution in [0.1, 0.15) is 5.69 Å². The summed E-state index contributed by atoms with van der Waals surface area (Å²) >= 11 is 0. The summed E-state index contributed by atoms with van der Waals surface area (Å²) in [5.74, 6) is 0. The summed E-state index contributed by atoms with van der Waals surface area (Å²) in [7, 11) is -1.99. The molecule has 146 valence electrons. The number of hydrogen-bond donors (Lipinski definition) is 0. The van der Waals surface area contributed by atoms with Crippen LogP contribution in [0.4, 0.5) is 5.69 Å². The standard InChI is InChI=1S/C22H18N2O4S/c1-15-22(19-8-3-5-9-20(19)23(15)2)29(27,28)21-10-6-4-7-18(21)16-11-13-17(14-12-16)24(25)26/h3-14H,1-2H3. The summed E-state index contributed by atoms with van der Waals surface area (Å²) in [5.41, 5.74) is 2.57. The van der Waals surface area contributed by atoms with Crippen molar-refractivity contribution >= 4 is 26.4 Å². The first-order chi connectivity index (χ1) is 13.8. The third-order valence-corrected chi connectivity index (χ3v) is 7.16. The van der Waals surface area contributed by atoms with E-state index in [9.17, 15) is 18.5 Å². The number of rotatable bonds is 4. The molecular formula is C22H18N2O4S. The molecule has 29 heavy (non-hydrogen) atoms. The maximum absolute atomic E-state index is 13.7. The van der Waals surface area contributed by atoms with Crippen molar-refractivity contribution in [2.45, 2.75) is 16.7 Å². The lowest BCUT2D eigenvalue weighted by atomic mass is 10.1. The van der Waals surface area contributed by atoms with Crippen molar-refractivity contribution in [1.29, 1.82) is 0 Å². The molecule has 0 radical (unpaired) electrons. The Morgan fingerprint density at radius 3 is 2.21 bits per heavy atom. The van der Waals surface area contributed by atoms with Crippen LogP contribution < -0.4 is 0 Å². The number of nitro benzene ring substituents is 1. The third kappa shape index (κ3) is 3.00. The average Bonchev–Trinajstić information content (AvgIpc) is 2.99. The van der Waals surface area contributed by atoms with E-state index >= 15 is 0 Å². The Hall–Kier alpha value is -3.45. The summed E-state index contributed by atoms with van der Waals surface area (Å²) < 4.78 is 29.3. The Balaban J connectivity index is 1.95. The minimum Gasteiger partial charge on any atom is -0.347 e. The van der Waals surface area contributed by atoms with E-state index in [2.05, 4.69) is 0 Å². The zero-order chi connectivity index (χ0) is 20.8. The zero-order valence-corrected chi connectivity index (χ0v) is 16.7. The lowest BCUT2D eigenvalue weighted by Gasteiger charge is -2.11. The quantitative estimate of drug-likeness (QED) is 0.357. The molecule has 6 nitrogen and oxygen atoms in total. The van der Waals surface area contributed by atoms with E-state index in [0.717, 1.165) is 5.52 Å². The number of benzene rings is 3. The lowest BCUT2D eigenvalue weighted by molar-refractivity contribution is -0.384. The van der Waals surface area contributed by atoms with Crippen LogP contribution in [-0.4, -0.2) is 17.9 Å². The molecule has 4 rings (SSSR count). The van der Waals surface area contributed by atoms with Gasteiger partial charge in [-0.3, -0.25) is 10.1 Å². The van der Waals surface area contributed by atoms with Crippen LogP contribution in [-0.2, 0) is 16.9 Å². The van der Waals surface area contributed by atoms with Gasteiger partial charge in [-0.05, 0) is 36.8 Å². The number of aryl methyl sites for hydroxylation is 1. The Labute approximate surface area is 168 Å². The van der Waals surface area contributed by atoms with E-state index in [1.165, 1.54) is 12.1 Å². The van der Waals surface area contributed by atoms with Gasteiger partial charge >= 0.3 is 0 Å². The van der Waals surface area contributed by atoms with Gasteiger partial charge in [0.15, 0.2) is 0 Å². The van der Waals surface area contributed by atoms with Crippen molar-refractivity contribution in [3.05, 3.63) is 88.6 Å². The first kappa shape index (κ1) is 18.9. The minimum absolute atomic E-state index is 0.0426. The molecule has 3 aromatic carbocycles. The number of nitro groups is 1. The van der Waals surface area contributed by atoms with Crippen LogP contribution in [0.5, 0.6) is 0 Å². The topological polar surface area (TPSA) is 82.2 Å². The molecule has 7 heteroatoms. The van der Waals surface area contributed by atoms with Gasteiger partial charge in [-0.15, -0.1) is 0 Å². The highest BCUT2D eigenvalue weighted by molar-refractivity contribution is 7.92. The molecule has 0 amide bonds. The van der Waals surface area contributed by atoms with Gasteiger partial charge in [0, 0.05) is 41.3 Å². The monoisotopic (exact) mass is 406 g/mol. The lowest BCUT2D eigenvalue weighted by Crippen LogP contribution is -2.06. The summed E-state index contributed by atoms with van der Waals surface area (Å²) in [4.78, 5) is 10.9. The van der Waals surface area contributed by atoms with Gasteiger partial charge in [0.05, 0.1) is 9.82 Å². The van der Waals surface area contributed by atoms with E-state index in [1.807, 2.05) is 35.9 Å². The van der Waals surface area contributed by atoms with Crippen molar-refractivity contribution < 1.29 is 13.3 Å². The Kier molecular flexibility index (Phi) is 4.47. The summed E-state index contributed by atoms with van der Waals surface area (Å²) in [6.45, 7) is 1.79. The van der Waals surface area contributed by atoms with Gasteiger partial charge in [0.1, 0.15) is 4.90 Å². The largest absolute Gasteiger partial charge is 0.347 e. The van der Waals surface area contributed by atoms with Crippen LogP contribution in [0.3, 0.4) is 0 Å². The predicted octanol–water partition coefficient (Wildman–Crippen LogP) is 4.89. The molecule has 0 fully saturated rings. The van der Waals surface area contributed by atoms with Gasteiger partial charge < -0.3 is 4.57 Å². The minimum atomic E-state index is -3.84. The molecule has 4 aromatic rings. The van der Waals surface area contributed by atoms with Crippen LogP contribution in [0.25, 0.3) is 22.0 Å². The molecule has 0 aliphatic rings. The maximum atomic E-state index is 13.7. The highest BCUT2D eigenvalue weighted by atomic mass is 32.2. The summed E-state index contributed by atoms with van der Waals surface area (Å²) in [6.07, 6.45) is 0. The van der Waals surface area contributed by atoms with Gasteiger partial charge in [-0.25, -0.2) is 8.42 Å². The van der Waals surface area contributed by atoms with E-state index in [4.69, 9.17) is 0 Å². The Morgan fingerprint density at radius 2 is 1.52 bits per heavy atom. The molecule has 0 N–H and O–H groups in total. The van der Waals surface area contributed by atoms with Gasteiger partial charge in [-0.1, -0.05) is 36.4 Å². The zero-order valence-electron chi connectivity index (χ0n) is 15.9. The van der Waals surface area contributed by atoms with Crippen LogP contribution >= 0.6 is 0 Å². The number of aromatic nitrogens is 1. The summed E-state index contributed by atoms with van der Waals surface area (Å²) in [6, 6.07) is 20.0. The van der Waals surface area contributed by atoms with E-state index in [1.54, 1.807) is 43.3 Å². The van der Waals surface area contributed by atoms with E-state index in [0.29, 0.717) is 22.2 Å². The smallest absolute Gasteiger partial charge is 0.269 e.